The van der Waals surface area contributed by atoms with Gasteiger partial charge in [-0.2, -0.15) is 0 Å². The van der Waals surface area contributed by atoms with Crippen LogP contribution in [0.1, 0.15) is 50.7 Å². The van der Waals surface area contributed by atoms with Crippen LogP contribution in [0.4, 0.5) is 8.78 Å². The van der Waals surface area contributed by atoms with Gasteiger partial charge >= 0.3 is 5.97 Å². The number of ether oxygens (including phenoxy) is 1. The third-order valence-electron chi connectivity index (χ3n) is 4.03. The van der Waals surface area contributed by atoms with E-state index in [-0.39, 0.29) is 5.92 Å². The monoisotopic (exact) mass is 294 g/mol. The molecule has 1 atom stereocenters. The van der Waals surface area contributed by atoms with Crippen molar-refractivity contribution < 1.29 is 18.3 Å². The van der Waals surface area contributed by atoms with Crippen molar-refractivity contribution in [3.05, 3.63) is 47.0 Å². The Hall–Kier alpha value is -1.71. The predicted molar refractivity (Wildman–Crippen MR) is 77.0 cm³/mol. The molecule has 1 aromatic rings. The zero-order chi connectivity index (χ0) is 15.8. The van der Waals surface area contributed by atoms with Gasteiger partial charge in [-0.25, -0.2) is 13.6 Å². The van der Waals surface area contributed by atoms with Crippen molar-refractivity contribution in [2.75, 3.05) is 0 Å². The van der Waals surface area contributed by atoms with E-state index in [0.29, 0.717) is 23.1 Å². The molecule has 0 fully saturated rings. The Kier molecular flexibility index (Phi) is 4.17. The number of carbonyl (C=O) groups excluding carboxylic acids is 1. The molecule has 0 radical (unpaired) electrons. The van der Waals surface area contributed by atoms with Gasteiger partial charge in [0.1, 0.15) is 17.2 Å². The molecule has 0 N–H and O–H groups in total. The molecule has 1 aromatic carbocycles. The molecule has 114 valence electrons. The summed E-state index contributed by atoms with van der Waals surface area (Å²) in [6, 6.07) is 2.27. The Balaban J connectivity index is 2.39. The lowest BCUT2D eigenvalue weighted by atomic mass is 9.74. The van der Waals surface area contributed by atoms with E-state index in [9.17, 15) is 13.6 Å². The molecule has 4 heteroatoms. The van der Waals surface area contributed by atoms with Crippen LogP contribution in [0.2, 0.25) is 0 Å². The van der Waals surface area contributed by atoms with Crippen LogP contribution in [-0.2, 0) is 16.0 Å². The number of hydrogen-bond acceptors (Lipinski definition) is 2. The summed E-state index contributed by atoms with van der Waals surface area (Å²) >= 11 is 0. The topological polar surface area (TPSA) is 26.3 Å². The number of hydrogen-bond donors (Lipinski definition) is 0. The maximum atomic E-state index is 13.9. The largest absolute Gasteiger partial charge is 0.456 e. The lowest BCUT2D eigenvalue weighted by molar-refractivity contribution is -0.154. The molecular weight excluding hydrogens is 274 g/mol. The van der Waals surface area contributed by atoms with E-state index < -0.39 is 23.2 Å². The number of esters is 1. The zero-order valence-corrected chi connectivity index (χ0v) is 12.6. The van der Waals surface area contributed by atoms with Gasteiger partial charge in [-0.1, -0.05) is 6.58 Å². The Morgan fingerprint density at radius 1 is 1.38 bits per heavy atom. The van der Waals surface area contributed by atoms with E-state index in [1.807, 2.05) is 0 Å². The van der Waals surface area contributed by atoms with Gasteiger partial charge in [-0.05, 0) is 57.2 Å². The molecule has 0 amide bonds. The van der Waals surface area contributed by atoms with Crippen molar-refractivity contribution in [3.63, 3.8) is 0 Å². The summed E-state index contributed by atoms with van der Waals surface area (Å²) in [6.07, 6.45) is 2.10. The van der Waals surface area contributed by atoms with Gasteiger partial charge in [0.25, 0.3) is 0 Å². The van der Waals surface area contributed by atoms with Gasteiger partial charge in [0.15, 0.2) is 0 Å². The van der Waals surface area contributed by atoms with Gasteiger partial charge in [0.05, 0.1) is 0 Å². The minimum atomic E-state index is -0.842. The number of fused-ring (bicyclic) bond motifs is 1. The van der Waals surface area contributed by atoms with Crippen LogP contribution in [-0.4, -0.2) is 11.6 Å². The van der Waals surface area contributed by atoms with Crippen LogP contribution >= 0.6 is 0 Å². The van der Waals surface area contributed by atoms with Gasteiger partial charge in [0.2, 0.25) is 0 Å². The highest BCUT2D eigenvalue weighted by Crippen LogP contribution is 2.42. The number of benzene rings is 1. The van der Waals surface area contributed by atoms with Gasteiger partial charge in [-0.3, -0.25) is 0 Å². The first-order valence-electron chi connectivity index (χ1n) is 7.09. The van der Waals surface area contributed by atoms with Crippen molar-refractivity contribution in [1.82, 2.24) is 0 Å². The third-order valence-corrected chi connectivity index (χ3v) is 4.03. The normalized spacial score (nSPS) is 18.0. The van der Waals surface area contributed by atoms with Gasteiger partial charge < -0.3 is 4.74 Å². The molecule has 1 unspecified atom stereocenters. The first-order chi connectivity index (χ1) is 9.72. The molecule has 0 bridgehead atoms. The van der Waals surface area contributed by atoms with E-state index in [0.717, 1.165) is 18.9 Å². The van der Waals surface area contributed by atoms with Crippen LogP contribution in [0.25, 0.3) is 0 Å². The van der Waals surface area contributed by atoms with Gasteiger partial charge in [-0.15, -0.1) is 0 Å². The van der Waals surface area contributed by atoms with Crippen molar-refractivity contribution in [2.24, 2.45) is 0 Å². The average molecular weight is 294 g/mol. The highest BCUT2D eigenvalue weighted by atomic mass is 19.1. The van der Waals surface area contributed by atoms with E-state index in [2.05, 4.69) is 6.58 Å². The lowest BCUT2D eigenvalue weighted by Gasteiger charge is -2.38. The molecule has 0 aliphatic heterocycles. The molecule has 0 heterocycles. The number of carbonyl (C=O) groups is 1. The molecular formula is C17H20F2O2. The van der Waals surface area contributed by atoms with Crippen LogP contribution in [0.3, 0.4) is 0 Å². The average Bonchev–Trinajstić information content (AvgIpc) is 2.37. The molecule has 0 saturated carbocycles. The van der Waals surface area contributed by atoms with E-state index in [4.69, 9.17) is 4.74 Å². The molecule has 2 nitrogen and oxygen atoms in total. The highest BCUT2D eigenvalue weighted by Gasteiger charge is 2.38. The fourth-order valence-electron chi connectivity index (χ4n) is 2.96. The fraction of sp³-hybridized carbons (Fsp3) is 0.471. The maximum Gasteiger partial charge on any atom is 0.333 e. The summed E-state index contributed by atoms with van der Waals surface area (Å²) in [7, 11) is 0. The van der Waals surface area contributed by atoms with Crippen LogP contribution in [0.15, 0.2) is 24.3 Å². The van der Waals surface area contributed by atoms with Gasteiger partial charge in [0, 0.05) is 17.6 Å². The highest BCUT2D eigenvalue weighted by molar-refractivity contribution is 5.87. The molecule has 0 spiro atoms. The van der Waals surface area contributed by atoms with Crippen molar-refractivity contribution in [1.29, 1.82) is 0 Å². The van der Waals surface area contributed by atoms with Crippen molar-refractivity contribution in [2.45, 2.75) is 51.6 Å². The predicted octanol–water partition coefficient (Wildman–Crippen LogP) is 4.28. The first kappa shape index (κ1) is 15.7. The Labute approximate surface area is 123 Å². The second kappa shape index (κ2) is 5.58. The summed E-state index contributed by atoms with van der Waals surface area (Å²) < 4.78 is 33.0. The zero-order valence-electron chi connectivity index (χ0n) is 12.6. The summed E-state index contributed by atoms with van der Waals surface area (Å²) in [6.45, 7) is 8.69. The molecule has 1 aliphatic carbocycles. The van der Waals surface area contributed by atoms with Crippen LogP contribution in [0, 0.1) is 11.6 Å². The quantitative estimate of drug-likeness (QED) is 0.614. The molecule has 1 aliphatic rings. The van der Waals surface area contributed by atoms with Crippen molar-refractivity contribution >= 4 is 5.97 Å². The smallest absolute Gasteiger partial charge is 0.333 e. The summed E-state index contributed by atoms with van der Waals surface area (Å²) in [5.41, 5.74) is 0.612. The fourth-order valence-corrected chi connectivity index (χ4v) is 2.96. The van der Waals surface area contributed by atoms with Crippen LogP contribution < -0.4 is 0 Å². The Morgan fingerprint density at radius 3 is 2.67 bits per heavy atom. The van der Waals surface area contributed by atoms with E-state index >= 15 is 0 Å². The minimum Gasteiger partial charge on any atom is -0.456 e. The standard InChI is InChI=1S/C17H20F2O2/c1-10(2)16(20)21-17(3,4)14-7-5-6-12-13(14)8-11(18)9-15(12)19/h8-9,14H,1,5-7H2,2-4H3. The minimum absolute atomic E-state index is 0.227. The summed E-state index contributed by atoms with van der Waals surface area (Å²) in [5, 5.41) is 0. The lowest BCUT2D eigenvalue weighted by Crippen LogP contribution is -2.37. The third kappa shape index (κ3) is 3.14. The molecule has 0 aromatic heterocycles. The second-order valence-corrected chi connectivity index (χ2v) is 6.17. The van der Waals surface area contributed by atoms with E-state index in [1.54, 1.807) is 20.8 Å². The number of halogens is 2. The Morgan fingerprint density at radius 2 is 2.05 bits per heavy atom. The molecule has 21 heavy (non-hydrogen) atoms. The summed E-state index contributed by atoms with van der Waals surface area (Å²) in [4.78, 5) is 11.8. The summed E-state index contributed by atoms with van der Waals surface area (Å²) in [5.74, 6) is -1.82. The van der Waals surface area contributed by atoms with Crippen LogP contribution in [0.5, 0.6) is 0 Å². The maximum absolute atomic E-state index is 13.9. The molecule has 0 saturated heterocycles. The number of rotatable bonds is 3. The molecule has 2 rings (SSSR count). The first-order valence-corrected chi connectivity index (χ1v) is 7.09. The van der Waals surface area contributed by atoms with E-state index in [1.165, 1.54) is 6.07 Å². The van der Waals surface area contributed by atoms with Crippen molar-refractivity contribution in [3.8, 4) is 0 Å². The Bertz CT molecular complexity index is 591. The second-order valence-electron chi connectivity index (χ2n) is 6.17. The SMILES string of the molecule is C=C(C)C(=O)OC(C)(C)C1CCCc2c(F)cc(F)cc21.